The first-order valence-corrected chi connectivity index (χ1v) is 6.21. The van der Waals surface area contributed by atoms with Crippen LogP contribution in [0.25, 0.3) is 0 Å². The van der Waals surface area contributed by atoms with Crippen LogP contribution < -0.4 is 5.32 Å². The van der Waals surface area contributed by atoms with Gasteiger partial charge in [-0.05, 0) is 25.0 Å². The maximum Gasteiger partial charge on any atom is 0.224 e. The Morgan fingerprint density at radius 1 is 1.50 bits per heavy atom. The maximum atomic E-state index is 11.6. The number of hydrogen-bond donors (Lipinski definition) is 1. The molecule has 1 N–H and O–H groups in total. The standard InChI is InChI=1S/C15H20N2O/c1-3-6-13(2)7-4-10-17-15(18)11-14-8-5-9-16-12-14/h4-9,12H,3,10-11H2,1-2H3,(H,17,18)/b7-4-,13-6+. The summed E-state index contributed by atoms with van der Waals surface area (Å²) < 4.78 is 0. The summed E-state index contributed by atoms with van der Waals surface area (Å²) in [7, 11) is 0. The molecule has 1 heterocycles. The van der Waals surface area contributed by atoms with E-state index in [1.54, 1.807) is 12.4 Å². The summed E-state index contributed by atoms with van der Waals surface area (Å²) in [4.78, 5) is 15.6. The third-order valence-electron chi connectivity index (χ3n) is 2.41. The van der Waals surface area contributed by atoms with Crippen molar-refractivity contribution in [2.24, 2.45) is 0 Å². The highest BCUT2D eigenvalue weighted by Crippen LogP contribution is 1.97. The van der Waals surface area contributed by atoms with Gasteiger partial charge in [0.1, 0.15) is 0 Å². The van der Waals surface area contributed by atoms with Gasteiger partial charge in [-0.1, -0.05) is 36.8 Å². The lowest BCUT2D eigenvalue weighted by molar-refractivity contribution is -0.120. The molecular weight excluding hydrogens is 224 g/mol. The highest BCUT2D eigenvalue weighted by molar-refractivity contribution is 5.78. The van der Waals surface area contributed by atoms with Gasteiger partial charge in [-0.25, -0.2) is 0 Å². The Morgan fingerprint density at radius 2 is 2.33 bits per heavy atom. The van der Waals surface area contributed by atoms with Crippen molar-refractivity contribution in [3.63, 3.8) is 0 Å². The molecule has 1 aromatic rings. The molecule has 0 atom stereocenters. The molecule has 0 radical (unpaired) electrons. The Labute approximate surface area is 109 Å². The largest absolute Gasteiger partial charge is 0.352 e. The fourth-order valence-electron chi connectivity index (χ4n) is 1.56. The average molecular weight is 244 g/mol. The molecule has 0 spiro atoms. The van der Waals surface area contributed by atoms with Gasteiger partial charge >= 0.3 is 0 Å². The minimum Gasteiger partial charge on any atom is -0.352 e. The van der Waals surface area contributed by atoms with E-state index >= 15 is 0 Å². The van der Waals surface area contributed by atoms with Crippen molar-refractivity contribution in [2.75, 3.05) is 6.54 Å². The lowest BCUT2D eigenvalue weighted by atomic mass is 10.2. The van der Waals surface area contributed by atoms with Crippen molar-refractivity contribution >= 4 is 5.91 Å². The van der Waals surface area contributed by atoms with Crippen LogP contribution in [-0.4, -0.2) is 17.4 Å². The van der Waals surface area contributed by atoms with Gasteiger partial charge in [0, 0.05) is 18.9 Å². The zero-order chi connectivity index (χ0) is 13.2. The van der Waals surface area contributed by atoms with E-state index in [-0.39, 0.29) is 5.91 Å². The van der Waals surface area contributed by atoms with E-state index in [2.05, 4.69) is 30.2 Å². The molecule has 18 heavy (non-hydrogen) atoms. The van der Waals surface area contributed by atoms with Crippen LogP contribution in [0.15, 0.2) is 48.3 Å². The fraction of sp³-hybridized carbons (Fsp3) is 0.333. The second-order valence-corrected chi connectivity index (χ2v) is 4.10. The van der Waals surface area contributed by atoms with Crippen LogP contribution in [0.2, 0.25) is 0 Å². The molecule has 3 heteroatoms. The second-order valence-electron chi connectivity index (χ2n) is 4.10. The van der Waals surface area contributed by atoms with E-state index in [0.717, 1.165) is 12.0 Å². The summed E-state index contributed by atoms with van der Waals surface area (Å²) in [6, 6.07) is 3.73. The van der Waals surface area contributed by atoms with E-state index in [1.807, 2.05) is 24.3 Å². The van der Waals surface area contributed by atoms with E-state index in [0.29, 0.717) is 13.0 Å². The summed E-state index contributed by atoms with van der Waals surface area (Å²) >= 11 is 0. The van der Waals surface area contributed by atoms with Gasteiger partial charge in [-0.2, -0.15) is 0 Å². The predicted molar refractivity (Wildman–Crippen MR) is 74.1 cm³/mol. The molecule has 0 fully saturated rings. The lowest BCUT2D eigenvalue weighted by Gasteiger charge is -2.01. The number of amides is 1. The minimum atomic E-state index is 0.0183. The number of carbonyl (C=O) groups excluding carboxylic acids is 1. The van der Waals surface area contributed by atoms with Crippen LogP contribution in [-0.2, 0) is 11.2 Å². The maximum absolute atomic E-state index is 11.6. The van der Waals surface area contributed by atoms with Crippen LogP contribution in [0, 0.1) is 0 Å². The fourth-order valence-corrected chi connectivity index (χ4v) is 1.56. The first-order chi connectivity index (χ1) is 8.72. The summed E-state index contributed by atoms with van der Waals surface area (Å²) in [6.07, 6.45) is 11.0. The number of nitrogens with zero attached hydrogens (tertiary/aromatic N) is 1. The smallest absolute Gasteiger partial charge is 0.224 e. The number of rotatable bonds is 6. The van der Waals surface area contributed by atoms with Crippen LogP contribution in [0.1, 0.15) is 25.8 Å². The van der Waals surface area contributed by atoms with Crippen molar-refractivity contribution in [1.29, 1.82) is 0 Å². The molecule has 0 aliphatic heterocycles. The molecule has 0 aliphatic carbocycles. The Hall–Kier alpha value is -1.90. The monoisotopic (exact) mass is 244 g/mol. The van der Waals surface area contributed by atoms with E-state index in [4.69, 9.17) is 0 Å². The van der Waals surface area contributed by atoms with Gasteiger partial charge in [-0.3, -0.25) is 9.78 Å². The summed E-state index contributed by atoms with van der Waals surface area (Å²) in [6.45, 7) is 4.72. The SMILES string of the molecule is CC/C=C(C)/C=C\CNC(=O)Cc1cccnc1. The molecule has 0 saturated heterocycles. The molecule has 1 amide bonds. The molecule has 0 aromatic carbocycles. The number of carbonyl (C=O) groups is 1. The molecule has 1 rings (SSSR count). The molecule has 0 unspecified atom stereocenters. The third-order valence-corrected chi connectivity index (χ3v) is 2.41. The van der Waals surface area contributed by atoms with Crippen LogP contribution in [0.3, 0.4) is 0 Å². The quantitative estimate of drug-likeness (QED) is 0.782. The zero-order valence-electron chi connectivity index (χ0n) is 11.0. The Kier molecular flexibility index (Phi) is 6.47. The van der Waals surface area contributed by atoms with Crippen molar-refractivity contribution in [2.45, 2.75) is 26.7 Å². The molecule has 1 aromatic heterocycles. The summed E-state index contributed by atoms with van der Waals surface area (Å²) in [5.41, 5.74) is 2.15. The highest BCUT2D eigenvalue weighted by atomic mass is 16.1. The third kappa shape index (κ3) is 5.99. The molecule has 96 valence electrons. The Morgan fingerprint density at radius 3 is 3.00 bits per heavy atom. The molecule has 3 nitrogen and oxygen atoms in total. The van der Waals surface area contributed by atoms with Crippen LogP contribution in [0.5, 0.6) is 0 Å². The summed E-state index contributed by atoms with van der Waals surface area (Å²) in [5.74, 6) is 0.0183. The van der Waals surface area contributed by atoms with Gasteiger partial charge in [0.15, 0.2) is 0 Å². The van der Waals surface area contributed by atoms with Crippen molar-refractivity contribution in [3.8, 4) is 0 Å². The minimum absolute atomic E-state index is 0.0183. The average Bonchev–Trinajstić information content (AvgIpc) is 2.36. The van der Waals surface area contributed by atoms with E-state index in [1.165, 1.54) is 5.57 Å². The van der Waals surface area contributed by atoms with Crippen molar-refractivity contribution < 1.29 is 4.79 Å². The number of nitrogens with one attached hydrogen (secondary N) is 1. The predicted octanol–water partition coefficient (Wildman–Crippen LogP) is 2.65. The topological polar surface area (TPSA) is 42.0 Å². The second kappa shape index (κ2) is 8.23. The molecule has 0 saturated carbocycles. The Balaban J connectivity index is 2.28. The lowest BCUT2D eigenvalue weighted by Crippen LogP contribution is -2.25. The normalized spacial score (nSPS) is 11.8. The first-order valence-electron chi connectivity index (χ1n) is 6.21. The van der Waals surface area contributed by atoms with Gasteiger partial charge in [0.25, 0.3) is 0 Å². The molecule has 0 bridgehead atoms. The van der Waals surface area contributed by atoms with Crippen molar-refractivity contribution in [3.05, 3.63) is 53.9 Å². The summed E-state index contributed by atoms with van der Waals surface area (Å²) in [5, 5.41) is 2.85. The van der Waals surface area contributed by atoms with E-state index in [9.17, 15) is 4.79 Å². The molecule has 0 aliphatic rings. The molecular formula is C15H20N2O. The number of allylic oxidation sites excluding steroid dienone is 3. The van der Waals surface area contributed by atoms with Crippen molar-refractivity contribution in [1.82, 2.24) is 10.3 Å². The van der Waals surface area contributed by atoms with Gasteiger partial charge in [0.2, 0.25) is 5.91 Å². The number of hydrogen-bond acceptors (Lipinski definition) is 2. The zero-order valence-corrected chi connectivity index (χ0v) is 11.0. The highest BCUT2D eigenvalue weighted by Gasteiger charge is 2.00. The Bertz CT molecular complexity index is 421. The first kappa shape index (κ1) is 14.2. The number of pyridine rings is 1. The van der Waals surface area contributed by atoms with Gasteiger partial charge in [-0.15, -0.1) is 0 Å². The van der Waals surface area contributed by atoms with E-state index < -0.39 is 0 Å². The number of aromatic nitrogens is 1. The van der Waals surface area contributed by atoms with Crippen LogP contribution >= 0.6 is 0 Å². The van der Waals surface area contributed by atoms with Crippen LogP contribution in [0.4, 0.5) is 0 Å². The van der Waals surface area contributed by atoms with Gasteiger partial charge < -0.3 is 5.32 Å². The van der Waals surface area contributed by atoms with Gasteiger partial charge in [0.05, 0.1) is 6.42 Å².